The van der Waals surface area contributed by atoms with Crippen LogP contribution in [0.25, 0.3) is 0 Å². The van der Waals surface area contributed by atoms with Crippen LogP contribution in [0.5, 0.6) is 0 Å². The molecule has 0 radical (unpaired) electrons. The third kappa shape index (κ3) is 4.91. The van der Waals surface area contributed by atoms with Gasteiger partial charge in [0.2, 0.25) is 0 Å². The minimum Gasteiger partial charge on any atom is -0.351 e. The predicted octanol–water partition coefficient (Wildman–Crippen LogP) is 6.71. The van der Waals surface area contributed by atoms with Gasteiger partial charge in [0, 0.05) is 31.4 Å². The van der Waals surface area contributed by atoms with Crippen LogP contribution in [0.2, 0.25) is 10.2 Å². The molecule has 172 valence electrons. The van der Waals surface area contributed by atoms with E-state index in [-0.39, 0.29) is 33.2 Å². The first-order valence-electron chi connectivity index (χ1n) is 10.0. The summed E-state index contributed by atoms with van der Waals surface area (Å²) in [6, 6.07) is 7.29. The lowest BCUT2D eigenvalue weighted by Crippen LogP contribution is -2.38. The van der Waals surface area contributed by atoms with Gasteiger partial charge in [-0.1, -0.05) is 35.3 Å². The Morgan fingerprint density at radius 2 is 1.61 bits per heavy atom. The molecule has 4 rings (SSSR count). The number of rotatable bonds is 4. The summed E-state index contributed by atoms with van der Waals surface area (Å²) in [5, 5.41) is 2.25. The van der Waals surface area contributed by atoms with E-state index in [4.69, 9.17) is 23.2 Å². The maximum absolute atomic E-state index is 14.2. The number of hydrogen-bond donors (Lipinski definition) is 1. The number of aromatic nitrogens is 1. The first-order chi connectivity index (χ1) is 15.7. The first kappa shape index (κ1) is 23.3. The first-order valence-corrected chi connectivity index (χ1v) is 10.8. The standard InChI is InChI=1S/C23H17Cl2F4N3O/c24-20-21(31-19-10-17(28)16(27)9-18(19)29)15(11-30-22(20)25)23(33)32-7-5-13(6-8-32)12-1-3-14(26)4-2-12/h1-4,9-11,13H,5-8H2,(H,30,31). The monoisotopic (exact) mass is 497 g/mol. The summed E-state index contributed by atoms with van der Waals surface area (Å²) in [4.78, 5) is 18.7. The minimum absolute atomic E-state index is 0.00812. The molecule has 33 heavy (non-hydrogen) atoms. The number of nitrogens with one attached hydrogen (secondary N) is 1. The summed E-state index contributed by atoms with van der Waals surface area (Å²) >= 11 is 12.2. The topological polar surface area (TPSA) is 45.2 Å². The molecule has 0 unspecified atom stereocenters. The summed E-state index contributed by atoms with van der Waals surface area (Å²) in [6.45, 7) is 0.834. The van der Waals surface area contributed by atoms with Crippen molar-refractivity contribution in [2.45, 2.75) is 18.8 Å². The number of nitrogens with zero attached hydrogens (tertiary/aromatic N) is 2. The van der Waals surface area contributed by atoms with Crippen molar-refractivity contribution in [1.82, 2.24) is 9.88 Å². The van der Waals surface area contributed by atoms with Crippen molar-refractivity contribution in [2.24, 2.45) is 0 Å². The number of anilines is 2. The maximum Gasteiger partial charge on any atom is 0.257 e. The maximum atomic E-state index is 14.2. The van der Waals surface area contributed by atoms with Gasteiger partial charge in [-0.3, -0.25) is 4.79 Å². The van der Waals surface area contributed by atoms with E-state index in [1.807, 2.05) is 0 Å². The molecule has 0 saturated carbocycles. The lowest BCUT2D eigenvalue weighted by Gasteiger charge is -2.32. The van der Waals surface area contributed by atoms with Gasteiger partial charge in [0.25, 0.3) is 5.91 Å². The van der Waals surface area contributed by atoms with Crippen molar-refractivity contribution < 1.29 is 22.4 Å². The molecule has 0 atom stereocenters. The molecule has 10 heteroatoms. The number of carbonyl (C=O) groups is 1. The van der Waals surface area contributed by atoms with Gasteiger partial charge in [0.05, 0.1) is 16.9 Å². The zero-order valence-corrected chi connectivity index (χ0v) is 18.5. The highest BCUT2D eigenvalue weighted by atomic mass is 35.5. The van der Waals surface area contributed by atoms with Gasteiger partial charge >= 0.3 is 0 Å². The van der Waals surface area contributed by atoms with Crippen LogP contribution >= 0.6 is 23.2 Å². The summed E-state index contributed by atoms with van der Waals surface area (Å²) < 4.78 is 54.3. The Morgan fingerprint density at radius 1 is 0.970 bits per heavy atom. The van der Waals surface area contributed by atoms with Crippen LogP contribution in [0.4, 0.5) is 28.9 Å². The zero-order chi connectivity index (χ0) is 23.7. The number of hydrogen-bond acceptors (Lipinski definition) is 3. The van der Waals surface area contributed by atoms with E-state index >= 15 is 0 Å². The molecule has 1 aliphatic rings. The van der Waals surface area contributed by atoms with Crippen molar-refractivity contribution in [3.63, 3.8) is 0 Å². The number of amides is 1. The molecule has 1 fully saturated rings. The Labute approximate surface area is 197 Å². The van der Waals surface area contributed by atoms with Crippen molar-refractivity contribution in [3.8, 4) is 0 Å². The summed E-state index contributed by atoms with van der Waals surface area (Å²) in [5.74, 6) is -4.25. The number of halogens is 6. The van der Waals surface area contributed by atoms with Crippen LogP contribution in [0.1, 0.15) is 34.7 Å². The highest BCUT2D eigenvalue weighted by molar-refractivity contribution is 6.43. The number of benzene rings is 2. The zero-order valence-electron chi connectivity index (χ0n) is 17.0. The highest BCUT2D eigenvalue weighted by Gasteiger charge is 2.28. The van der Waals surface area contributed by atoms with E-state index in [9.17, 15) is 22.4 Å². The van der Waals surface area contributed by atoms with E-state index in [2.05, 4.69) is 10.3 Å². The fourth-order valence-corrected chi connectivity index (χ4v) is 4.16. The molecule has 2 aromatic carbocycles. The van der Waals surface area contributed by atoms with Gasteiger partial charge in [0.15, 0.2) is 11.6 Å². The molecule has 0 bridgehead atoms. The Kier molecular flexibility index (Phi) is 6.76. The molecule has 3 aromatic rings. The molecule has 1 aromatic heterocycles. The number of likely N-dealkylation sites (tertiary alicyclic amines) is 1. The van der Waals surface area contributed by atoms with Crippen molar-refractivity contribution in [1.29, 1.82) is 0 Å². The average molecular weight is 498 g/mol. The van der Waals surface area contributed by atoms with Crippen LogP contribution in [0, 0.1) is 23.3 Å². The summed E-state index contributed by atoms with van der Waals surface area (Å²) in [7, 11) is 0. The van der Waals surface area contributed by atoms with Gasteiger partial charge in [-0.25, -0.2) is 22.5 Å². The van der Waals surface area contributed by atoms with E-state index < -0.39 is 29.0 Å². The van der Waals surface area contributed by atoms with Crippen LogP contribution in [0.3, 0.4) is 0 Å². The second kappa shape index (κ2) is 9.57. The Balaban J connectivity index is 1.57. The molecular formula is C23H17Cl2F4N3O. The van der Waals surface area contributed by atoms with Crippen molar-refractivity contribution in [2.75, 3.05) is 18.4 Å². The van der Waals surface area contributed by atoms with Crippen LogP contribution in [0.15, 0.2) is 42.6 Å². The van der Waals surface area contributed by atoms with Gasteiger partial charge < -0.3 is 10.2 Å². The van der Waals surface area contributed by atoms with Crippen molar-refractivity contribution in [3.05, 3.63) is 87.2 Å². The van der Waals surface area contributed by atoms with Crippen LogP contribution < -0.4 is 5.32 Å². The molecule has 1 aliphatic heterocycles. The number of pyridine rings is 1. The fraction of sp³-hybridized carbons (Fsp3) is 0.217. The quantitative estimate of drug-likeness (QED) is 0.247. The Hall–Kier alpha value is -2.84. The minimum atomic E-state index is -1.35. The number of piperidine rings is 1. The average Bonchev–Trinajstić information content (AvgIpc) is 2.80. The van der Waals surface area contributed by atoms with Crippen LogP contribution in [-0.4, -0.2) is 28.9 Å². The molecular weight excluding hydrogens is 481 g/mol. The predicted molar refractivity (Wildman–Crippen MR) is 118 cm³/mol. The Morgan fingerprint density at radius 3 is 2.27 bits per heavy atom. The molecule has 4 nitrogen and oxygen atoms in total. The van der Waals surface area contributed by atoms with Crippen molar-refractivity contribution >= 4 is 40.5 Å². The fourth-order valence-electron chi connectivity index (χ4n) is 3.82. The molecule has 0 spiro atoms. The van der Waals surface area contributed by atoms with E-state index in [1.54, 1.807) is 17.0 Å². The third-order valence-electron chi connectivity index (χ3n) is 5.60. The number of carbonyl (C=O) groups excluding carboxylic acids is 1. The van der Waals surface area contributed by atoms with Gasteiger partial charge in [-0.15, -0.1) is 0 Å². The van der Waals surface area contributed by atoms with E-state index in [0.717, 1.165) is 5.56 Å². The second-order valence-corrected chi connectivity index (χ2v) is 8.38. The van der Waals surface area contributed by atoms with E-state index in [1.165, 1.54) is 18.3 Å². The second-order valence-electron chi connectivity index (χ2n) is 7.64. The molecule has 1 N–H and O–H groups in total. The lowest BCUT2D eigenvalue weighted by atomic mass is 9.89. The largest absolute Gasteiger partial charge is 0.351 e. The van der Waals surface area contributed by atoms with Crippen LogP contribution in [-0.2, 0) is 0 Å². The summed E-state index contributed by atoms with van der Waals surface area (Å²) in [5.41, 5.74) is 0.527. The molecule has 1 saturated heterocycles. The van der Waals surface area contributed by atoms with Gasteiger partial charge in [0.1, 0.15) is 21.8 Å². The van der Waals surface area contributed by atoms with E-state index in [0.29, 0.717) is 38.1 Å². The SMILES string of the molecule is O=C(c1cnc(Cl)c(Cl)c1Nc1cc(F)c(F)cc1F)N1CCC(c2ccc(F)cc2)CC1. The third-order valence-corrected chi connectivity index (χ3v) is 6.35. The molecule has 0 aliphatic carbocycles. The molecule has 1 amide bonds. The lowest BCUT2D eigenvalue weighted by molar-refractivity contribution is 0.0713. The smallest absolute Gasteiger partial charge is 0.257 e. The highest BCUT2D eigenvalue weighted by Crippen LogP contribution is 2.36. The molecule has 2 heterocycles. The summed E-state index contributed by atoms with van der Waals surface area (Å²) in [6.07, 6.45) is 2.52. The van der Waals surface area contributed by atoms with Gasteiger partial charge in [-0.2, -0.15) is 0 Å². The normalized spacial score (nSPS) is 14.4. The van der Waals surface area contributed by atoms with Gasteiger partial charge in [-0.05, 0) is 36.5 Å². The Bertz CT molecular complexity index is 1200.